The van der Waals surface area contributed by atoms with Crippen LogP contribution in [0.1, 0.15) is 6.92 Å². The zero-order valence-electron chi connectivity index (χ0n) is 13.0. The van der Waals surface area contributed by atoms with E-state index < -0.39 is 0 Å². The molecule has 0 saturated carbocycles. The van der Waals surface area contributed by atoms with Gasteiger partial charge in [-0.1, -0.05) is 6.07 Å². The number of rotatable bonds is 8. The largest absolute Gasteiger partial charge is 0.494 e. The lowest BCUT2D eigenvalue weighted by atomic mass is 10.3. The van der Waals surface area contributed by atoms with Crippen molar-refractivity contribution in [3.63, 3.8) is 0 Å². The highest BCUT2D eigenvalue weighted by Gasteiger charge is 2.10. The summed E-state index contributed by atoms with van der Waals surface area (Å²) in [7, 11) is 0. The maximum Gasteiger partial charge on any atom is 0.257 e. The molecule has 0 bridgehead atoms. The Morgan fingerprint density at radius 1 is 1.27 bits per heavy atom. The van der Waals surface area contributed by atoms with Crippen LogP contribution in [0.2, 0.25) is 0 Å². The average Bonchev–Trinajstić information content (AvgIpc) is 2.55. The zero-order valence-corrected chi connectivity index (χ0v) is 13.0. The van der Waals surface area contributed by atoms with Crippen LogP contribution in [-0.4, -0.2) is 63.4 Å². The molecule has 0 radical (unpaired) electrons. The molecule has 0 unspecified atom stereocenters. The summed E-state index contributed by atoms with van der Waals surface area (Å²) < 4.78 is 16.1. The lowest BCUT2D eigenvalue weighted by Crippen LogP contribution is -2.42. The second kappa shape index (κ2) is 9.27. The van der Waals surface area contributed by atoms with Crippen molar-refractivity contribution in [2.24, 2.45) is 0 Å². The van der Waals surface area contributed by atoms with Crippen molar-refractivity contribution >= 4 is 5.91 Å². The molecule has 2 rings (SSSR count). The molecule has 22 heavy (non-hydrogen) atoms. The molecule has 0 aliphatic carbocycles. The zero-order chi connectivity index (χ0) is 15.6. The number of amides is 1. The van der Waals surface area contributed by atoms with Crippen LogP contribution in [0.25, 0.3) is 0 Å². The minimum Gasteiger partial charge on any atom is -0.494 e. The Balaban J connectivity index is 1.63. The quantitative estimate of drug-likeness (QED) is 0.773. The number of carbonyl (C=O) groups excluding carboxylic acids is 1. The molecule has 1 N–H and O–H groups in total. The third-order valence-corrected chi connectivity index (χ3v) is 3.34. The molecule has 0 aromatic heterocycles. The van der Waals surface area contributed by atoms with E-state index in [1.54, 1.807) is 6.07 Å². The maximum atomic E-state index is 11.8. The monoisotopic (exact) mass is 308 g/mol. The van der Waals surface area contributed by atoms with Crippen molar-refractivity contribution in [3.8, 4) is 11.5 Å². The van der Waals surface area contributed by atoms with Gasteiger partial charge in [0.15, 0.2) is 6.61 Å². The first-order chi connectivity index (χ1) is 10.8. The number of hydrogen-bond acceptors (Lipinski definition) is 5. The van der Waals surface area contributed by atoms with Crippen LogP contribution in [0.3, 0.4) is 0 Å². The summed E-state index contributed by atoms with van der Waals surface area (Å²) in [5.74, 6) is 1.26. The van der Waals surface area contributed by atoms with Crippen LogP contribution in [-0.2, 0) is 9.53 Å². The highest BCUT2D eigenvalue weighted by Crippen LogP contribution is 2.19. The minimum atomic E-state index is -0.116. The Bertz CT molecular complexity index is 461. The first-order valence-corrected chi connectivity index (χ1v) is 7.70. The highest BCUT2D eigenvalue weighted by molar-refractivity contribution is 5.77. The van der Waals surface area contributed by atoms with Gasteiger partial charge in [0.2, 0.25) is 0 Å². The molecule has 1 aliphatic rings. The summed E-state index contributed by atoms with van der Waals surface area (Å²) in [6, 6.07) is 7.30. The summed E-state index contributed by atoms with van der Waals surface area (Å²) in [5, 5.41) is 2.86. The molecule has 1 aliphatic heterocycles. The van der Waals surface area contributed by atoms with Gasteiger partial charge in [-0.15, -0.1) is 0 Å². The molecule has 0 atom stereocenters. The molecule has 122 valence electrons. The molecule has 1 aromatic rings. The van der Waals surface area contributed by atoms with E-state index >= 15 is 0 Å². The molecule has 6 heteroatoms. The SMILES string of the molecule is CCOc1cccc(OCC(=O)NCCN2CCOCC2)c1. The van der Waals surface area contributed by atoms with Gasteiger partial charge in [0.1, 0.15) is 11.5 Å². The van der Waals surface area contributed by atoms with E-state index in [4.69, 9.17) is 14.2 Å². The van der Waals surface area contributed by atoms with E-state index in [0.717, 1.165) is 38.6 Å². The van der Waals surface area contributed by atoms with Crippen molar-refractivity contribution in [1.29, 1.82) is 0 Å². The topological polar surface area (TPSA) is 60.0 Å². The third kappa shape index (κ3) is 5.91. The lowest BCUT2D eigenvalue weighted by Gasteiger charge is -2.26. The van der Waals surface area contributed by atoms with E-state index in [-0.39, 0.29) is 12.5 Å². The maximum absolute atomic E-state index is 11.8. The lowest BCUT2D eigenvalue weighted by molar-refractivity contribution is -0.123. The highest BCUT2D eigenvalue weighted by atomic mass is 16.5. The first-order valence-electron chi connectivity index (χ1n) is 7.70. The first kappa shape index (κ1) is 16.6. The predicted molar refractivity (Wildman–Crippen MR) is 83.4 cm³/mol. The van der Waals surface area contributed by atoms with Crippen LogP contribution < -0.4 is 14.8 Å². The second-order valence-electron chi connectivity index (χ2n) is 5.00. The van der Waals surface area contributed by atoms with E-state index in [0.29, 0.717) is 18.9 Å². The van der Waals surface area contributed by atoms with Gasteiger partial charge >= 0.3 is 0 Å². The third-order valence-electron chi connectivity index (χ3n) is 3.34. The fraction of sp³-hybridized carbons (Fsp3) is 0.562. The molecule has 1 saturated heterocycles. The van der Waals surface area contributed by atoms with Crippen LogP contribution in [0, 0.1) is 0 Å². The average molecular weight is 308 g/mol. The molecule has 1 aromatic carbocycles. The van der Waals surface area contributed by atoms with Crippen molar-refractivity contribution < 1.29 is 19.0 Å². The Labute approximate surface area is 131 Å². The van der Waals surface area contributed by atoms with Gasteiger partial charge < -0.3 is 19.5 Å². The van der Waals surface area contributed by atoms with E-state index in [1.807, 2.05) is 25.1 Å². The van der Waals surface area contributed by atoms with Gasteiger partial charge in [-0.2, -0.15) is 0 Å². The minimum absolute atomic E-state index is 0.0126. The molecule has 6 nitrogen and oxygen atoms in total. The smallest absolute Gasteiger partial charge is 0.257 e. The molecule has 1 heterocycles. The summed E-state index contributed by atoms with van der Waals surface area (Å²) in [6.45, 7) is 7.41. The number of nitrogens with one attached hydrogen (secondary N) is 1. The van der Waals surface area contributed by atoms with E-state index in [2.05, 4.69) is 10.2 Å². The second-order valence-corrected chi connectivity index (χ2v) is 5.00. The molecule has 1 fully saturated rings. The standard InChI is InChI=1S/C16H24N2O4/c1-2-21-14-4-3-5-15(12-14)22-13-16(19)17-6-7-18-8-10-20-11-9-18/h3-5,12H,2,6-11,13H2,1H3,(H,17,19). The molecule has 1 amide bonds. The van der Waals surface area contributed by atoms with Gasteiger partial charge in [0.25, 0.3) is 5.91 Å². The fourth-order valence-corrected chi connectivity index (χ4v) is 2.20. The van der Waals surface area contributed by atoms with Gasteiger partial charge in [-0.25, -0.2) is 0 Å². The number of carbonyl (C=O) groups is 1. The van der Waals surface area contributed by atoms with E-state index in [9.17, 15) is 4.79 Å². The fourth-order valence-electron chi connectivity index (χ4n) is 2.20. The Kier molecular flexibility index (Phi) is 6.99. The predicted octanol–water partition coefficient (Wildman–Crippen LogP) is 0.913. The van der Waals surface area contributed by atoms with Gasteiger partial charge in [0.05, 0.1) is 19.8 Å². The van der Waals surface area contributed by atoms with Crippen molar-refractivity contribution in [2.75, 3.05) is 52.6 Å². The Morgan fingerprint density at radius 2 is 2.00 bits per heavy atom. The number of benzene rings is 1. The van der Waals surface area contributed by atoms with Gasteiger partial charge in [0, 0.05) is 32.2 Å². The molecular formula is C16H24N2O4. The van der Waals surface area contributed by atoms with Crippen molar-refractivity contribution in [3.05, 3.63) is 24.3 Å². The van der Waals surface area contributed by atoms with Crippen LogP contribution in [0.4, 0.5) is 0 Å². The molecule has 0 spiro atoms. The van der Waals surface area contributed by atoms with Gasteiger partial charge in [-0.3, -0.25) is 9.69 Å². The summed E-state index contributed by atoms with van der Waals surface area (Å²) >= 11 is 0. The molecular weight excluding hydrogens is 284 g/mol. The summed E-state index contributed by atoms with van der Waals surface area (Å²) in [4.78, 5) is 14.0. The van der Waals surface area contributed by atoms with E-state index in [1.165, 1.54) is 0 Å². The normalized spacial score (nSPS) is 15.3. The Hall–Kier alpha value is -1.79. The van der Waals surface area contributed by atoms with Crippen LogP contribution in [0.15, 0.2) is 24.3 Å². The van der Waals surface area contributed by atoms with Crippen LogP contribution >= 0.6 is 0 Å². The number of nitrogens with zero attached hydrogens (tertiary/aromatic N) is 1. The van der Waals surface area contributed by atoms with Crippen molar-refractivity contribution in [2.45, 2.75) is 6.92 Å². The number of morpholine rings is 1. The number of ether oxygens (including phenoxy) is 3. The van der Waals surface area contributed by atoms with Crippen LogP contribution in [0.5, 0.6) is 11.5 Å². The van der Waals surface area contributed by atoms with Crippen molar-refractivity contribution in [1.82, 2.24) is 10.2 Å². The summed E-state index contributed by atoms with van der Waals surface area (Å²) in [6.07, 6.45) is 0. The summed E-state index contributed by atoms with van der Waals surface area (Å²) in [5.41, 5.74) is 0. The van der Waals surface area contributed by atoms with Gasteiger partial charge in [-0.05, 0) is 19.1 Å². The Morgan fingerprint density at radius 3 is 2.73 bits per heavy atom. The number of hydrogen-bond donors (Lipinski definition) is 1.